The van der Waals surface area contributed by atoms with Crippen molar-refractivity contribution < 1.29 is 54.8 Å². The number of aromatic nitrogens is 2. The van der Waals surface area contributed by atoms with Crippen molar-refractivity contribution in [3.8, 4) is 11.1 Å². The lowest BCUT2D eigenvalue weighted by Gasteiger charge is -2.13. The second-order valence-corrected chi connectivity index (χ2v) is 16.7. The summed E-state index contributed by atoms with van der Waals surface area (Å²) in [5.74, 6) is -3.51. The van der Waals surface area contributed by atoms with Gasteiger partial charge in [0.1, 0.15) is 21.4 Å². The third-order valence-corrected chi connectivity index (χ3v) is 11.2. The van der Waals surface area contributed by atoms with Crippen molar-refractivity contribution in [1.29, 1.82) is 0 Å². The first kappa shape index (κ1) is 51.5. The Balaban J connectivity index is 0.000000270. The SMILES string of the molecule is C.Cc1nc(C(F)(F)F)c(C(=O)Nc2ccc(F)cc2-c2ccc(Cl)c(Cl)c2)s1.Cc1nc(C(F)(F)F)c(C(=O)Nc2ccc(F)cc2B(O)O)s1.Clc1ccc(Br)cc1Cl. The maximum absolute atomic E-state index is 13.8. The van der Waals surface area contributed by atoms with Gasteiger partial charge in [0.2, 0.25) is 0 Å². The van der Waals surface area contributed by atoms with Crippen LogP contribution in [0.4, 0.5) is 46.5 Å². The molecule has 0 aliphatic heterocycles. The summed E-state index contributed by atoms with van der Waals surface area (Å²) in [6.07, 6.45) is -9.58. The van der Waals surface area contributed by atoms with E-state index in [0.29, 0.717) is 38.3 Å². The van der Waals surface area contributed by atoms with Gasteiger partial charge in [0, 0.05) is 26.9 Å². The van der Waals surface area contributed by atoms with E-state index < -0.39 is 64.1 Å². The van der Waals surface area contributed by atoms with Crippen LogP contribution in [0.15, 0.2) is 77.3 Å². The summed E-state index contributed by atoms with van der Waals surface area (Å²) in [6.45, 7) is 2.69. The minimum absolute atomic E-state index is 0. The van der Waals surface area contributed by atoms with Gasteiger partial charge in [-0.1, -0.05) is 75.8 Å². The lowest BCUT2D eigenvalue weighted by molar-refractivity contribution is -0.141. The number of benzene rings is 4. The molecule has 0 atom stereocenters. The molecule has 0 unspecified atom stereocenters. The Kier molecular flexibility index (Phi) is 18.1. The van der Waals surface area contributed by atoms with Crippen molar-refractivity contribution in [1.82, 2.24) is 9.97 Å². The van der Waals surface area contributed by atoms with Crippen LogP contribution in [0.1, 0.15) is 48.2 Å². The van der Waals surface area contributed by atoms with Crippen molar-refractivity contribution in [2.45, 2.75) is 33.6 Å². The third-order valence-electron chi connectivity index (χ3n) is 7.30. The molecule has 0 fully saturated rings. The Morgan fingerprint density at radius 2 is 1.10 bits per heavy atom. The van der Waals surface area contributed by atoms with Gasteiger partial charge < -0.3 is 20.7 Å². The second kappa shape index (κ2) is 21.5. The third kappa shape index (κ3) is 14.1. The first-order chi connectivity index (χ1) is 27.8. The summed E-state index contributed by atoms with van der Waals surface area (Å²) < 4.78 is 106. The minimum Gasteiger partial charge on any atom is -0.423 e. The summed E-state index contributed by atoms with van der Waals surface area (Å²) >= 11 is 27.6. The van der Waals surface area contributed by atoms with Gasteiger partial charge in [-0.3, -0.25) is 9.59 Å². The van der Waals surface area contributed by atoms with Crippen LogP contribution in [-0.2, 0) is 12.4 Å². The lowest BCUT2D eigenvalue weighted by atomic mass is 9.79. The van der Waals surface area contributed by atoms with Crippen LogP contribution >= 0.6 is 85.0 Å². The highest BCUT2D eigenvalue weighted by Crippen LogP contribution is 2.38. The number of aryl methyl sites for hydroxylation is 2. The normalized spacial score (nSPS) is 11.0. The predicted octanol–water partition coefficient (Wildman–Crippen LogP) is 12.8. The highest BCUT2D eigenvalue weighted by molar-refractivity contribution is 9.10. The van der Waals surface area contributed by atoms with Crippen LogP contribution < -0.4 is 16.1 Å². The lowest BCUT2D eigenvalue weighted by Crippen LogP contribution is -2.34. The number of hydrogen-bond acceptors (Lipinski definition) is 8. The molecule has 2 heterocycles. The van der Waals surface area contributed by atoms with Crippen molar-refractivity contribution in [2.75, 3.05) is 10.6 Å². The molecule has 8 nitrogen and oxygen atoms in total. The Labute approximate surface area is 378 Å². The van der Waals surface area contributed by atoms with E-state index in [0.717, 1.165) is 34.8 Å². The van der Waals surface area contributed by atoms with Gasteiger partial charge in [-0.15, -0.1) is 22.7 Å². The average molecular weight is 1040 g/mol. The van der Waals surface area contributed by atoms with Crippen LogP contribution in [0.2, 0.25) is 20.1 Å². The highest BCUT2D eigenvalue weighted by atomic mass is 79.9. The van der Waals surface area contributed by atoms with E-state index in [1.165, 1.54) is 32.0 Å². The number of halogens is 13. The van der Waals surface area contributed by atoms with E-state index >= 15 is 0 Å². The van der Waals surface area contributed by atoms with Gasteiger partial charge in [-0.05, 0) is 86.1 Å². The van der Waals surface area contributed by atoms with Gasteiger partial charge in [0.15, 0.2) is 11.4 Å². The number of amides is 2. The molecule has 6 rings (SSSR count). The smallest absolute Gasteiger partial charge is 0.423 e. The molecule has 0 bridgehead atoms. The second-order valence-electron chi connectivity index (χ2n) is 11.7. The van der Waals surface area contributed by atoms with E-state index in [2.05, 4.69) is 36.5 Å². The zero-order valence-electron chi connectivity index (χ0n) is 29.8. The van der Waals surface area contributed by atoms with Crippen LogP contribution in [0.5, 0.6) is 0 Å². The molecule has 4 N–H and O–H groups in total. The van der Waals surface area contributed by atoms with E-state index in [4.69, 9.17) is 56.5 Å². The molecule has 6 aromatic rings. The topological polar surface area (TPSA) is 124 Å². The van der Waals surface area contributed by atoms with E-state index in [9.17, 15) is 44.7 Å². The molecule has 24 heteroatoms. The first-order valence-electron chi connectivity index (χ1n) is 16.1. The van der Waals surface area contributed by atoms with E-state index in [-0.39, 0.29) is 49.9 Å². The number of carbonyl (C=O) groups excluding carboxylic acids is 2. The maximum Gasteiger partial charge on any atom is 0.490 e. The fraction of sp³-hybridized carbons (Fsp3) is 0.135. The Morgan fingerprint density at radius 3 is 1.54 bits per heavy atom. The van der Waals surface area contributed by atoms with Crippen LogP contribution in [0, 0.1) is 25.5 Å². The molecule has 2 amide bonds. The summed E-state index contributed by atoms with van der Waals surface area (Å²) in [4.78, 5) is 30.0. The Morgan fingerprint density at radius 1 is 0.656 bits per heavy atom. The number of carbonyl (C=O) groups is 2. The monoisotopic (exact) mass is 1040 g/mol. The zero-order valence-corrected chi connectivity index (χ0v) is 36.1. The van der Waals surface area contributed by atoms with Crippen molar-refractivity contribution in [3.05, 3.63) is 140 Å². The van der Waals surface area contributed by atoms with Crippen molar-refractivity contribution in [3.63, 3.8) is 0 Å². The summed E-state index contributed by atoms with van der Waals surface area (Å²) in [5, 5.41) is 24.6. The fourth-order valence-electron chi connectivity index (χ4n) is 4.76. The Hall–Kier alpha value is -3.86. The minimum atomic E-state index is -4.81. The maximum atomic E-state index is 13.8. The molecule has 0 saturated heterocycles. The molecule has 61 heavy (non-hydrogen) atoms. The number of nitrogens with zero attached hydrogens (tertiary/aromatic N) is 2. The molecule has 2 aromatic heterocycles. The van der Waals surface area contributed by atoms with Gasteiger partial charge in [0.05, 0.1) is 30.1 Å². The average Bonchev–Trinajstić information content (AvgIpc) is 3.76. The number of nitrogens with one attached hydrogen (secondary N) is 2. The van der Waals surface area contributed by atoms with Gasteiger partial charge in [-0.25, -0.2) is 18.7 Å². The number of thiazole rings is 2. The zero-order chi connectivity index (χ0) is 44.9. The number of anilines is 2. The van der Waals surface area contributed by atoms with E-state index in [1.807, 2.05) is 6.07 Å². The van der Waals surface area contributed by atoms with Gasteiger partial charge in [0.25, 0.3) is 11.8 Å². The molecule has 4 aromatic carbocycles. The molecule has 0 radical (unpaired) electrons. The molecule has 0 saturated carbocycles. The van der Waals surface area contributed by atoms with Gasteiger partial charge >= 0.3 is 19.5 Å². The van der Waals surface area contributed by atoms with E-state index in [1.54, 1.807) is 18.2 Å². The van der Waals surface area contributed by atoms with Crippen molar-refractivity contribution >= 4 is 121 Å². The summed E-state index contributed by atoms with van der Waals surface area (Å²) in [6, 6.07) is 16.0. The molecule has 324 valence electrons. The standard InChI is InChI=1S/C18H10Cl2F4N2OS.C12H9BF4N2O3S.C6H3BrCl2.CH4/c1-8-25-16(18(22,23)24)15(28-8)17(27)26-14-5-3-10(21)7-11(14)9-2-4-12(19)13(20)6-9;1-5-18-10(12(15,16)17)9(23-5)11(20)19-8-3-2-6(14)4-7(8)13(21)22;7-4-1-2-5(8)6(9)3-4;/h2-7H,1H3,(H,26,27);2-4,21-22H,1H3,(H,19,20);1-3H;1H4. The number of hydrogen-bond donors (Lipinski definition) is 4. The highest BCUT2D eigenvalue weighted by Gasteiger charge is 2.40. The summed E-state index contributed by atoms with van der Waals surface area (Å²) in [5.41, 5.74) is -2.40. The number of alkyl halides is 6. The summed E-state index contributed by atoms with van der Waals surface area (Å²) in [7, 11) is -2.11. The largest absolute Gasteiger partial charge is 0.490 e. The fourth-order valence-corrected chi connectivity index (χ4v) is 7.52. The number of rotatable bonds is 6. The van der Waals surface area contributed by atoms with Crippen molar-refractivity contribution in [2.24, 2.45) is 0 Å². The van der Waals surface area contributed by atoms with Crippen LogP contribution in [0.25, 0.3) is 11.1 Å². The van der Waals surface area contributed by atoms with Gasteiger partial charge in [-0.2, -0.15) is 26.3 Å². The first-order valence-corrected chi connectivity index (χ1v) is 20.0. The molecular weight excluding hydrogens is 1010 g/mol. The molecule has 0 aliphatic rings. The van der Waals surface area contributed by atoms with Crippen LogP contribution in [-0.4, -0.2) is 38.9 Å². The molecular formula is C37H26BBrCl4F8N4O4S2. The quantitative estimate of drug-likeness (QED) is 0.0748. The van der Waals surface area contributed by atoms with Crippen LogP contribution in [0.3, 0.4) is 0 Å². The molecule has 0 spiro atoms. The predicted molar refractivity (Wildman–Crippen MR) is 229 cm³/mol. The Bertz CT molecular complexity index is 2550. The molecule has 0 aliphatic carbocycles.